The van der Waals surface area contributed by atoms with Gasteiger partial charge < -0.3 is 10.5 Å². The average molecular weight is 461 g/mol. The number of carbonyl (C=O) groups excluding carboxylic acids is 1. The van der Waals surface area contributed by atoms with E-state index in [-0.39, 0.29) is 11.1 Å². The molecule has 0 saturated heterocycles. The first kappa shape index (κ1) is 24.2. The van der Waals surface area contributed by atoms with Gasteiger partial charge in [0.15, 0.2) is 0 Å². The second-order valence-corrected chi connectivity index (χ2v) is 7.60. The molecule has 2 N–H and O–H groups in total. The third-order valence-corrected chi connectivity index (χ3v) is 5.36. The molecule has 9 heteroatoms. The summed E-state index contributed by atoms with van der Waals surface area (Å²) in [7, 11) is 1.66. The Kier molecular flexibility index (Phi) is 7.33. The molecule has 0 spiro atoms. The van der Waals surface area contributed by atoms with Gasteiger partial charge in [0.05, 0.1) is 11.1 Å². The molecular weight excluding hydrogens is 438 g/mol. The number of likely N-dealkylation sites (N-methyl/N-ethyl adjacent to an activating group) is 1. The van der Waals surface area contributed by atoms with E-state index in [0.717, 1.165) is 23.8 Å². The molecule has 174 valence electrons. The van der Waals surface area contributed by atoms with Crippen molar-refractivity contribution < 1.29 is 27.1 Å². The highest BCUT2D eigenvalue weighted by atomic mass is 19.4. The Morgan fingerprint density at radius 2 is 1.82 bits per heavy atom. The van der Waals surface area contributed by atoms with E-state index < -0.39 is 29.5 Å². The van der Waals surface area contributed by atoms with Crippen LogP contribution in [0.1, 0.15) is 40.0 Å². The van der Waals surface area contributed by atoms with E-state index in [0.29, 0.717) is 24.6 Å². The van der Waals surface area contributed by atoms with E-state index in [1.165, 1.54) is 18.3 Å². The van der Waals surface area contributed by atoms with E-state index in [1.54, 1.807) is 31.0 Å². The molecule has 1 unspecified atom stereocenters. The van der Waals surface area contributed by atoms with E-state index in [2.05, 4.69) is 4.98 Å². The number of nitrogens with zero attached hydrogens (tertiary/aromatic N) is 2. The standard InChI is InChI=1S/C24H23F4N3O2/c1-15(22-19(24(26,27)28)4-3-5-20(22)25)31(2)13-12-16-6-9-18(10-7-16)33-21-11-8-17(14-30-21)23(29)32/h3-11,14-15H,12-13H2,1-2H3,(H2,29,32). The summed E-state index contributed by atoms with van der Waals surface area (Å²) in [5.41, 5.74) is 5.07. The van der Waals surface area contributed by atoms with Gasteiger partial charge in [-0.15, -0.1) is 0 Å². The molecule has 1 atom stereocenters. The van der Waals surface area contributed by atoms with Crippen molar-refractivity contribution in [3.05, 3.63) is 88.9 Å². The van der Waals surface area contributed by atoms with Crippen molar-refractivity contribution in [3.8, 4) is 11.6 Å². The van der Waals surface area contributed by atoms with Gasteiger partial charge in [-0.05, 0) is 56.3 Å². The van der Waals surface area contributed by atoms with Gasteiger partial charge in [0, 0.05) is 30.4 Å². The van der Waals surface area contributed by atoms with Crippen LogP contribution in [0.5, 0.6) is 11.6 Å². The molecule has 1 heterocycles. The number of nitrogens with two attached hydrogens (primary N) is 1. The lowest BCUT2D eigenvalue weighted by Crippen LogP contribution is -2.27. The molecule has 5 nitrogen and oxygen atoms in total. The van der Waals surface area contributed by atoms with Crippen molar-refractivity contribution in [3.63, 3.8) is 0 Å². The van der Waals surface area contributed by atoms with Crippen LogP contribution in [0.2, 0.25) is 0 Å². The number of aromatic nitrogens is 1. The zero-order chi connectivity index (χ0) is 24.2. The molecule has 3 aromatic rings. The monoisotopic (exact) mass is 461 g/mol. The number of alkyl halides is 3. The van der Waals surface area contributed by atoms with Crippen LogP contribution < -0.4 is 10.5 Å². The smallest absolute Gasteiger partial charge is 0.416 e. The maximum Gasteiger partial charge on any atom is 0.416 e. The Bertz CT molecular complexity index is 1100. The molecular formula is C24H23F4N3O2. The number of carbonyl (C=O) groups is 1. The van der Waals surface area contributed by atoms with E-state index in [4.69, 9.17) is 10.5 Å². The van der Waals surface area contributed by atoms with Gasteiger partial charge in [0.25, 0.3) is 0 Å². The summed E-state index contributed by atoms with van der Waals surface area (Å²) in [6.07, 6.45) is -2.76. The predicted octanol–water partition coefficient (Wildman–Crippen LogP) is 5.37. The van der Waals surface area contributed by atoms with E-state index in [1.807, 2.05) is 12.1 Å². The van der Waals surface area contributed by atoms with Gasteiger partial charge >= 0.3 is 6.18 Å². The number of benzene rings is 2. The lowest BCUT2D eigenvalue weighted by Gasteiger charge is -2.28. The van der Waals surface area contributed by atoms with Crippen molar-refractivity contribution in [1.29, 1.82) is 0 Å². The minimum atomic E-state index is -4.63. The Morgan fingerprint density at radius 3 is 2.39 bits per heavy atom. The van der Waals surface area contributed by atoms with Crippen molar-refractivity contribution >= 4 is 5.91 Å². The van der Waals surface area contributed by atoms with Crippen molar-refractivity contribution in [2.24, 2.45) is 5.73 Å². The van der Waals surface area contributed by atoms with Crippen LogP contribution >= 0.6 is 0 Å². The molecule has 0 fully saturated rings. The predicted molar refractivity (Wildman–Crippen MR) is 115 cm³/mol. The average Bonchev–Trinajstić information content (AvgIpc) is 2.77. The first-order chi connectivity index (χ1) is 15.6. The summed E-state index contributed by atoms with van der Waals surface area (Å²) in [4.78, 5) is 16.8. The minimum absolute atomic E-state index is 0.272. The second-order valence-electron chi connectivity index (χ2n) is 7.60. The van der Waals surface area contributed by atoms with Crippen molar-refractivity contribution in [1.82, 2.24) is 9.88 Å². The molecule has 1 amide bonds. The molecule has 0 saturated carbocycles. The first-order valence-corrected chi connectivity index (χ1v) is 10.1. The number of hydrogen-bond acceptors (Lipinski definition) is 4. The maximum absolute atomic E-state index is 14.3. The molecule has 0 bridgehead atoms. The fraction of sp³-hybridized carbons (Fsp3) is 0.250. The molecule has 0 aliphatic rings. The van der Waals surface area contributed by atoms with Gasteiger partial charge in [0.1, 0.15) is 11.6 Å². The van der Waals surface area contributed by atoms with E-state index >= 15 is 0 Å². The Hall–Kier alpha value is -3.46. The maximum atomic E-state index is 14.3. The Balaban J connectivity index is 1.62. The summed E-state index contributed by atoms with van der Waals surface area (Å²) in [5, 5.41) is 0. The van der Waals surface area contributed by atoms with Crippen molar-refractivity contribution in [2.75, 3.05) is 13.6 Å². The largest absolute Gasteiger partial charge is 0.439 e. The minimum Gasteiger partial charge on any atom is -0.439 e. The van der Waals surface area contributed by atoms with Crippen LogP contribution in [0, 0.1) is 5.82 Å². The molecule has 1 aromatic heterocycles. The number of pyridine rings is 1. The second kappa shape index (κ2) is 9.99. The number of primary amides is 1. The third-order valence-electron chi connectivity index (χ3n) is 5.36. The molecule has 2 aromatic carbocycles. The highest BCUT2D eigenvalue weighted by molar-refractivity contribution is 5.92. The molecule has 0 aliphatic carbocycles. The van der Waals surface area contributed by atoms with Crippen LogP contribution in [0.15, 0.2) is 60.8 Å². The summed E-state index contributed by atoms with van der Waals surface area (Å²) in [6.45, 7) is 1.98. The highest BCUT2D eigenvalue weighted by Gasteiger charge is 2.36. The van der Waals surface area contributed by atoms with Crippen LogP contribution in [0.4, 0.5) is 17.6 Å². The van der Waals surface area contributed by atoms with Gasteiger partial charge in [0.2, 0.25) is 11.8 Å². The van der Waals surface area contributed by atoms with Crippen LogP contribution in [-0.4, -0.2) is 29.4 Å². The first-order valence-electron chi connectivity index (χ1n) is 10.1. The fourth-order valence-corrected chi connectivity index (χ4v) is 3.36. The number of halogens is 4. The summed E-state index contributed by atoms with van der Waals surface area (Å²) < 4.78 is 59.9. The summed E-state index contributed by atoms with van der Waals surface area (Å²) in [6, 6.07) is 12.4. The van der Waals surface area contributed by atoms with Crippen LogP contribution in [0.3, 0.4) is 0 Å². The third kappa shape index (κ3) is 6.07. The van der Waals surface area contributed by atoms with Crippen LogP contribution in [-0.2, 0) is 12.6 Å². The normalized spacial score (nSPS) is 12.6. The molecule has 33 heavy (non-hydrogen) atoms. The fourth-order valence-electron chi connectivity index (χ4n) is 3.36. The Morgan fingerprint density at radius 1 is 1.12 bits per heavy atom. The summed E-state index contributed by atoms with van der Waals surface area (Å²) in [5.74, 6) is -0.627. The van der Waals surface area contributed by atoms with Crippen LogP contribution in [0.25, 0.3) is 0 Å². The lowest BCUT2D eigenvalue weighted by atomic mass is 9.99. The van der Waals surface area contributed by atoms with E-state index in [9.17, 15) is 22.4 Å². The topological polar surface area (TPSA) is 68.5 Å². The SMILES string of the molecule is CC(c1c(F)cccc1C(F)(F)F)N(C)CCc1ccc(Oc2ccc(C(N)=O)cn2)cc1. The lowest BCUT2D eigenvalue weighted by molar-refractivity contribution is -0.139. The number of amides is 1. The molecule has 0 radical (unpaired) electrons. The zero-order valence-electron chi connectivity index (χ0n) is 18.1. The number of rotatable bonds is 8. The molecule has 0 aliphatic heterocycles. The number of hydrogen-bond donors (Lipinski definition) is 1. The summed E-state index contributed by atoms with van der Waals surface area (Å²) >= 11 is 0. The van der Waals surface area contributed by atoms with Crippen molar-refractivity contribution in [2.45, 2.75) is 25.6 Å². The van der Waals surface area contributed by atoms with Gasteiger partial charge in [-0.2, -0.15) is 13.2 Å². The van der Waals surface area contributed by atoms with Gasteiger partial charge in [-0.3, -0.25) is 9.69 Å². The molecule has 3 rings (SSSR count). The zero-order valence-corrected chi connectivity index (χ0v) is 18.1. The highest BCUT2D eigenvalue weighted by Crippen LogP contribution is 2.37. The number of ether oxygens (including phenoxy) is 1. The quantitative estimate of drug-likeness (QED) is 0.458. The Labute approximate surface area is 188 Å². The van der Waals surface area contributed by atoms with Gasteiger partial charge in [-0.25, -0.2) is 9.37 Å². The van der Waals surface area contributed by atoms with Gasteiger partial charge in [-0.1, -0.05) is 18.2 Å².